The van der Waals surface area contributed by atoms with E-state index in [9.17, 15) is 14.4 Å². The lowest BCUT2D eigenvalue weighted by Gasteiger charge is -2.18. The fourth-order valence-electron chi connectivity index (χ4n) is 9.12. The van der Waals surface area contributed by atoms with Gasteiger partial charge in [-0.25, -0.2) is 0 Å². The molecule has 0 aliphatic heterocycles. The predicted molar refractivity (Wildman–Crippen MR) is 339 cm³/mol. The van der Waals surface area contributed by atoms with Gasteiger partial charge in [-0.15, -0.1) is 0 Å². The molecule has 0 aliphatic carbocycles. The maximum absolute atomic E-state index is 12.8. The number of carbonyl (C=O) groups is 3. The molecular formula is C72H122O6. The first-order valence-corrected chi connectivity index (χ1v) is 32.9. The Morgan fingerprint density at radius 3 is 0.833 bits per heavy atom. The van der Waals surface area contributed by atoms with Gasteiger partial charge >= 0.3 is 17.9 Å². The van der Waals surface area contributed by atoms with E-state index < -0.39 is 12.1 Å². The van der Waals surface area contributed by atoms with Gasteiger partial charge in [0.05, 0.1) is 0 Å². The Balaban J connectivity index is 4.14. The zero-order valence-corrected chi connectivity index (χ0v) is 51.2. The average molecular weight is 1080 g/mol. The van der Waals surface area contributed by atoms with Crippen molar-refractivity contribution in [3.05, 3.63) is 109 Å². The van der Waals surface area contributed by atoms with Crippen molar-refractivity contribution in [1.82, 2.24) is 0 Å². The molecule has 0 amide bonds. The molecule has 0 spiro atoms. The van der Waals surface area contributed by atoms with Gasteiger partial charge in [0.25, 0.3) is 0 Å². The lowest BCUT2D eigenvalue weighted by Crippen LogP contribution is -2.30. The van der Waals surface area contributed by atoms with Crippen LogP contribution < -0.4 is 0 Å². The fraction of sp³-hybridized carbons (Fsp3) is 0.708. The standard InChI is InChI=1S/C72H122O6/c1-4-7-10-13-16-19-21-23-25-27-29-30-31-32-33-34-35-36-37-38-39-40-41-42-44-45-47-49-51-53-56-59-62-65-71(74)77-68-69(67-76-70(73)64-61-58-55-18-15-12-9-6-3)78-72(75)66-63-60-57-54-52-50-48-46-43-28-26-24-22-20-17-14-11-8-5-2/h8,11,17,20-21,23-24,26-27,29,31-32,43,46,50,52,57,60,69H,4-7,9-10,12-16,18-19,22,25,28,30,33-42,44-45,47-49,51,53-56,58-59,61-68H2,1-3H3/b11-8-,20-17-,23-21-,26-24-,29-27-,32-31-,46-43-,52-50-,60-57-. The molecule has 6 nitrogen and oxygen atoms in total. The highest BCUT2D eigenvalue weighted by atomic mass is 16.6. The van der Waals surface area contributed by atoms with Crippen LogP contribution in [0.4, 0.5) is 0 Å². The van der Waals surface area contributed by atoms with Gasteiger partial charge in [-0.05, 0) is 96.3 Å². The van der Waals surface area contributed by atoms with Crippen LogP contribution in [0.25, 0.3) is 0 Å². The highest BCUT2D eigenvalue weighted by molar-refractivity contribution is 5.71. The third-order valence-corrected chi connectivity index (χ3v) is 14.0. The Hall–Kier alpha value is -3.93. The Kier molecular flexibility index (Phi) is 62.3. The van der Waals surface area contributed by atoms with Crippen LogP contribution in [-0.4, -0.2) is 37.2 Å². The Labute approximate surface area is 482 Å². The second kappa shape index (κ2) is 65.6. The van der Waals surface area contributed by atoms with Crippen molar-refractivity contribution in [1.29, 1.82) is 0 Å². The van der Waals surface area contributed by atoms with Crippen molar-refractivity contribution in [3.8, 4) is 0 Å². The first-order valence-electron chi connectivity index (χ1n) is 32.9. The summed E-state index contributed by atoms with van der Waals surface area (Å²) in [7, 11) is 0. The highest BCUT2D eigenvalue weighted by Crippen LogP contribution is 2.16. The van der Waals surface area contributed by atoms with Gasteiger partial charge in [0.15, 0.2) is 6.10 Å². The number of hydrogen-bond donors (Lipinski definition) is 0. The van der Waals surface area contributed by atoms with Crippen molar-refractivity contribution in [3.63, 3.8) is 0 Å². The van der Waals surface area contributed by atoms with Gasteiger partial charge in [0, 0.05) is 19.3 Å². The largest absolute Gasteiger partial charge is 0.462 e. The molecule has 0 aromatic heterocycles. The number of allylic oxidation sites excluding steroid dienone is 18. The quantitative estimate of drug-likeness (QED) is 0.0261. The van der Waals surface area contributed by atoms with Gasteiger partial charge in [-0.1, -0.05) is 304 Å². The van der Waals surface area contributed by atoms with Crippen molar-refractivity contribution < 1.29 is 28.6 Å². The third kappa shape index (κ3) is 62.9. The lowest BCUT2D eigenvalue weighted by molar-refractivity contribution is -0.166. The lowest BCUT2D eigenvalue weighted by atomic mass is 10.0. The number of esters is 3. The molecule has 0 bridgehead atoms. The summed E-state index contributed by atoms with van der Waals surface area (Å²) in [5.41, 5.74) is 0. The summed E-state index contributed by atoms with van der Waals surface area (Å²) >= 11 is 0. The van der Waals surface area contributed by atoms with Crippen molar-refractivity contribution in [2.75, 3.05) is 13.2 Å². The number of carbonyl (C=O) groups excluding carboxylic acids is 3. The van der Waals surface area contributed by atoms with E-state index in [1.54, 1.807) is 0 Å². The van der Waals surface area contributed by atoms with Crippen LogP contribution in [0.2, 0.25) is 0 Å². The summed E-state index contributed by atoms with van der Waals surface area (Å²) in [6.07, 6.45) is 90.0. The van der Waals surface area contributed by atoms with Crippen LogP contribution in [0, 0.1) is 0 Å². The predicted octanol–water partition coefficient (Wildman–Crippen LogP) is 22.6. The normalized spacial score (nSPS) is 12.8. The molecule has 0 aromatic rings. The van der Waals surface area contributed by atoms with Crippen LogP contribution in [0.5, 0.6) is 0 Å². The Morgan fingerprint density at radius 2 is 0.526 bits per heavy atom. The number of hydrogen-bond acceptors (Lipinski definition) is 6. The molecule has 446 valence electrons. The van der Waals surface area contributed by atoms with Crippen LogP contribution in [-0.2, 0) is 28.6 Å². The number of rotatable bonds is 59. The molecule has 1 atom stereocenters. The number of ether oxygens (including phenoxy) is 3. The minimum Gasteiger partial charge on any atom is -0.462 e. The van der Waals surface area contributed by atoms with E-state index in [0.717, 1.165) is 89.9 Å². The van der Waals surface area contributed by atoms with E-state index in [1.165, 1.54) is 173 Å². The summed E-state index contributed by atoms with van der Waals surface area (Å²) in [6, 6.07) is 0. The van der Waals surface area contributed by atoms with Crippen molar-refractivity contribution in [2.45, 2.75) is 316 Å². The van der Waals surface area contributed by atoms with Crippen molar-refractivity contribution >= 4 is 17.9 Å². The summed E-state index contributed by atoms with van der Waals surface area (Å²) < 4.78 is 16.8. The van der Waals surface area contributed by atoms with E-state index in [1.807, 2.05) is 6.08 Å². The second-order valence-corrected chi connectivity index (χ2v) is 21.6. The van der Waals surface area contributed by atoms with Gasteiger partial charge in [0.1, 0.15) is 13.2 Å². The molecule has 0 saturated carbocycles. The Bertz CT molecular complexity index is 1570. The zero-order valence-electron chi connectivity index (χ0n) is 51.2. The molecule has 0 rings (SSSR count). The van der Waals surface area contributed by atoms with E-state index in [4.69, 9.17) is 14.2 Å². The van der Waals surface area contributed by atoms with E-state index >= 15 is 0 Å². The summed E-state index contributed by atoms with van der Waals surface area (Å²) in [5, 5.41) is 0. The molecule has 1 unspecified atom stereocenters. The molecule has 78 heavy (non-hydrogen) atoms. The maximum atomic E-state index is 12.8. The minimum absolute atomic E-state index is 0.106. The molecule has 0 fully saturated rings. The molecule has 0 N–H and O–H groups in total. The SMILES string of the molecule is CC/C=C\C/C=C\C/C=C\C/C=C\C/C=C\C/C=C\CCC(=O)OC(COC(=O)CCCCCCCCCC)COC(=O)CCCCCCCCCCCCCCCCCCCC/C=C\C/C=C\C/C=C\CCCCCCC. The highest BCUT2D eigenvalue weighted by Gasteiger charge is 2.19. The molecule has 0 aromatic carbocycles. The van der Waals surface area contributed by atoms with Gasteiger partial charge in [-0.2, -0.15) is 0 Å². The van der Waals surface area contributed by atoms with Crippen LogP contribution in [0.15, 0.2) is 109 Å². The first kappa shape index (κ1) is 74.1. The van der Waals surface area contributed by atoms with Crippen LogP contribution in [0.3, 0.4) is 0 Å². The van der Waals surface area contributed by atoms with Gasteiger partial charge in [-0.3, -0.25) is 14.4 Å². The molecule has 0 heterocycles. The summed E-state index contributed by atoms with van der Waals surface area (Å²) in [6.45, 7) is 6.44. The third-order valence-electron chi connectivity index (χ3n) is 14.0. The minimum atomic E-state index is -0.816. The zero-order chi connectivity index (χ0) is 56.4. The number of unbranched alkanes of at least 4 members (excludes halogenated alkanes) is 30. The first-order chi connectivity index (χ1) is 38.5. The summed E-state index contributed by atoms with van der Waals surface area (Å²) in [5.74, 6) is -0.989. The molecule has 0 saturated heterocycles. The van der Waals surface area contributed by atoms with E-state index in [2.05, 4.69) is 124 Å². The Morgan fingerprint density at radius 1 is 0.269 bits per heavy atom. The molecule has 0 aliphatic rings. The average Bonchev–Trinajstić information content (AvgIpc) is 3.44. The van der Waals surface area contributed by atoms with Gasteiger partial charge < -0.3 is 14.2 Å². The van der Waals surface area contributed by atoms with E-state index in [0.29, 0.717) is 19.3 Å². The van der Waals surface area contributed by atoms with E-state index in [-0.39, 0.29) is 31.6 Å². The van der Waals surface area contributed by atoms with Crippen LogP contribution >= 0.6 is 0 Å². The van der Waals surface area contributed by atoms with Crippen molar-refractivity contribution in [2.24, 2.45) is 0 Å². The van der Waals surface area contributed by atoms with Gasteiger partial charge in [0.2, 0.25) is 0 Å². The summed E-state index contributed by atoms with van der Waals surface area (Å²) in [4.78, 5) is 38.1. The van der Waals surface area contributed by atoms with Crippen LogP contribution in [0.1, 0.15) is 310 Å². The topological polar surface area (TPSA) is 78.9 Å². The smallest absolute Gasteiger partial charge is 0.306 e. The fourth-order valence-corrected chi connectivity index (χ4v) is 9.12. The second-order valence-electron chi connectivity index (χ2n) is 21.6. The molecule has 6 heteroatoms. The maximum Gasteiger partial charge on any atom is 0.306 e. The molecular weight excluding hydrogens is 961 g/mol. The molecule has 0 radical (unpaired) electrons. The monoisotopic (exact) mass is 1080 g/mol.